The van der Waals surface area contributed by atoms with Gasteiger partial charge in [0.05, 0.1) is 5.25 Å². The summed E-state index contributed by atoms with van der Waals surface area (Å²) in [6.45, 7) is 0. The minimum atomic E-state index is 0.101. The van der Waals surface area contributed by atoms with E-state index < -0.39 is 0 Å². The SMILES string of the molecule is CN(C(=O)C1Cc2ccccc2S1)C1CCCCC1. The lowest BCUT2D eigenvalue weighted by Gasteiger charge is -2.32. The van der Waals surface area contributed by atoms with Gasteiger partial charge in [-0.15, -0.1) is 11.8 Å². The van der Waals surface area contributed by atoms with Crippen molar-refractivity contribution in [1.82, 2.24) is 4.90 Å². The summed E-state index contributed by atoms with van der Waals surface area (Å²) >= 11 is 1.75. The van der Waals surface area contributed by atoms with E-state index >= 15 is 0 Å². The number of carbonyl (C=O) groups excluding carboxylic acids is 1. The van der Waals surface area contributed by atoms with Crippen LogP contribution in [0.25, 0.3) is 0 Å². The zero-order chi connectivity index (χ0) is 13.2. The molecule has 0 spiro atoms. The molecule has 1 atom stereocenters. The number of hydrogen-bond donors (Lipinski definition) is 0. The molecule has 1 aromatic rings. The number of hydrogen-bond acceptors (Lipinski definition) is 2. The predicted octanol–water partition coefficient (Wildman–Crippen LogP) is 3.49. The number of amides is 1. The second-order valence-corrected chi connectivity index (χ2v) is 6.90. The van der Waals surface area contributed by atoms with Crippen LogP contribution in [0.5, 0.6) is 0 Å². The smallest absolute Gasteiger partial charge is 0.236 e. The first kappa shape index (κ1) is 13.0. The van der Waals surface area contributed by atoms with Crippen LogP contribution in [-0.2, 0) is 11.2 Å². The van der Waals surface area contributed by atoms with Crippen LogP contribution in [0.1, 0.15) is 37.7 Å². The molecule has 0 bridgehead atoms. The second-order valence-electron chi connectivity index (χ2n) is 5.66. The fraction of sp³-hybridized carbons (Fsp3) is 0.562. The van der Waals surface area contributed by atoms with Gasteiger partial charge in [-0.05, 0) is 30.9 Å². The average molecular weight is 275 g/mol. The third-order valence-corrected chi connectivity index (χ3v) is 5.70. The van der Waals surface area contributed by atoms with Crippen LogP contribution in [0, 0.1) is 0 Å². The summed E-state index contributed by atoms with van der Waals surface area (Å²) in [6, 6.07) is 8.88. The molecule has 1 heterocycles. The van der Waals surface area contributed by atoms with Crippen molar-refractivity contribution >= 4 is 17.7 Å². The molecule has 102 valence electrons. The fourth-order valence-electron chi connectivity index (χ4n) is 3.20. The van der Waals surface area contributed by atoms with Crippen LogP contribution in [0.2, 0.25) is 0 Å². The maximum atomic E-state index is 12.6. The van der Waals surface area contributed by atoms with Crippen molar-refractivity contribution in [3.63, 3.8) is 0 Å². The Morgan fingerprint density at radius 3 is 2.68 bits per heavy atom. The quantitative estimate of drug-likeness (QED) is 0.823. The number of nitrogens with zero attached hydrogens (tertiary/aromatic N) is 1. The zero-order valence-electron chi connectivity index (χ0n) is 11.5. The number of thioether (sulfide) groups is 1. The Hall–Kier alpha value is -0.960. The Labute approximate surface area is 119 Å². The molecule has 0 saturated heterocycles. The summed E-state index contributed by atoms with van der Waals surface area (Å²) < 4.78 is 0. The largest absolute Gasteiger partial charge is 0.342 e. The van der Waals surface area contributed by atoms with E-state index in [1.54, 1.807) is 11.8 Å². The second kappa shape index (κ2) is 5.58. The Morgan fingerprint density at radius 2 is 1.95 bits per heavy atom. The van der Waals surface area contributed by atoms with Crippen molar-refractivity contribution in [1.29, 1.82) is 0 Å². The van der Waals surface area contributed by atoms with Gasteiger partial charge in [0.2, 0.25) is 5.91 Å². The minimum absolute atomic E-state index is 0.101. The summed E-state index contributed by atoms with van der Waals surface area (Å²) in [4.78, 5) is 15.9. The van der Waals surface area contributed by atoms with E-state index in [9.17, 15) is 4.79 Å². The van der Waals surface area contributed by atoms with Crippen LogP contribution in [0.15, 0.2) is 29.2 Å². The summed E-state index contributed by atoms with van der Waals surface area (Å²) in [5.41, 5.74) is 1.34. The highest BCUT2D eigenvalue weighted by Gasteiger charge is 2.32. The van der Waals surface area contributed by atoms with Crippen LogP contribution in [-0.4, -0.2) is 29.1 Å². The van der Waals surface area contributed by atoms with Gasteiger partial charge in [0.15, 0.2) is 0 Å². The van der Waals surface area contributed by atoms with E-state index in [1.807, 2.05) is 11.9 Å². The summed E-state index contributed by atoms with van der Waals surface area (Å²) in [6.07, 6.45) is 7.17. The topological polar surface area (TPSA) is 20.3 Å². The van der Waals surface area contributed by atoms with Crippen molar-refractivity contribution in [3.05, 3.63) is 29.8 Å². The molecule has 3 heteroatoms. The molecule has 1 saturated carbocycles. The summed E-state index contributed by atoms with van der Waals surface area (Å²) in [7, 11) is 2.00. The number of benzene rings is 1. The Morgan fingerprint density at radius 1 is 1.21 bits per heavy atom. The Kier molecular flexibility index (Phi) is 3.83. The van der Waals surface area contributed by atoms with Gasteiger partial charge in [0, 0.05) is 18.0 Å². The van der Waals surface area contributed by atoms with E-state index in [2.05, 4.69) is 24.3 Å². The van der Waals surface area contributed by atoms with Gasteiger partial charge in [-0.2, -0.15) is 0 Å². The molecule has 0 aromatic heterocycles. The first-order valence-electron chi connectivity index (χ1n) is 7.27. The third-order valence-electron chi connectivity index (χ3n) is 4.39. The molecule has 1 aromatic carbocycles. The molecule has 1 fully saturated rings. The van der Waals surface area contributed by atoms with Gasteiger partial charge >= 0.3 is 0 Å². The number of rotatable bonds is 2. The Bertz CT molecular complexity index is 443. The van der Waals surface area contributed by atoms with Crippen LogP contribution < -0.4 is 0 Å². The van der Waals surface area contributed by atoms with Gasteiger partial charge in [-0.1, -0.05) is 37.5 Å². The molecule has 0 radical (unpaired) electrons. The molecular weight excluding hydrogens is 254 g/mol. The minimum Gasteiger partial charge on any atom is -0.342 e. The lowest BCUT2D eigenvalue weighted by atomic mass is 9.94. The van der Waals surface area contributed by atoms with Crippen molar-refractivity contribution < 1.29 is 4.79 Å². The van der Waals surface area contributed by atoms with Crippen molar-refractivity contribution in [2.45, 2.75) is 54.7 Å². The van der Waals surface area contributed by atoms with Crippen molar-refractivity contribution in [2.24, 2.45) is 0 Å². The van der Waals surface area contributed by atoms with Gasteiger partial charge in [-0.3, -0.25) is 4.79 Å². The zero-order valence-corrected chi connectivity index (χ0v) is 12.3. The molecule has 2 nitrogen and oxygen atoms in total. The highest BCUT2D eigenvalue weighted by molar-refractivity contribution is 8.01. The first-order valence-corrected chi connectivity index (χ1v) is 8.15. The highest BCUT2D eigenvalue weighted by Crippen LogP contribution is 2.38. The molecule has 1 aliphatic heterocycles. The third kappa shape index (κ3) is 2.66. The van der Waals surface area contributed by atoms with Gasteiger partial charge in [0.1, 0.15) is 0 Å². The maximum Gasteiger partial charge on any atom is 0.236 e. The summed E-state index contributed by atoms with van der Waals surface area (Å²) in [5, 5.41) is 0.101. The number of carbonyl (C=O) groups is 1. The molecular formula is C16H21NOS. The monoisotopic (exact) mass is 275 g/mol. The maximum absolute atomic E-state index is 12.6. The first-order chi connectivity index (χ1) is 9.25. The molecule has 19 heavy (non-hydrogen) atoms. The predicted molar refractivity (Wildman–Crippen MR) is 79.4 cm³/mol. The van der Waals surface area contributed by atoms with Crippen molar-refractivity contribution in [3.8, 4) is 0 Å². The average Bonchev–Trinajstić information content (AvgIpc) is 2.90. The van der Waals surface area contributed by atoms with Crippen LogP contribution in [0.4, 0.5) is 0 Å². The molecule has 1 aliphatic carbocycles. The molecule has 0 N–H and O–H groups in total. The van der Waals surface area contributed by atoms with Crippen LogP contribution in [0.3, 0.4) is 0 Å². The van der Waals surface area contributed by atoms with Gasteiger partial charge in [0.25, 0.3) is 0 Å². The van der Waals surface area contributed by atoms with Crippen LogP contribution >= 0.6 is 11.8 Å². The normalized spacial score (nSPS) is 23.1. The van der Waals surface area contributed by atoms with Crippen molar-refractivity contribution in [2.75, 3.05) is 7.05 Å². The lowest BCUT2D eigenvalue weighted by Crippen LogP contribution is -2.42. The molecule has 2 aliphatic rings. The van der Waals surface area contributed by atoms with Gasteiger partial charge in [-0.25, -0.2) is 0 Å². The van der Waals surface area contributed by atoms with Gasteiger partial charge < -0.3 is 4.90 Å². The lowest BCUT2D eigenvalue weighted by molar-refractivity contribution is -0.131. The molecule has 1 unspecified atom stereocenters. The Balaban J connectivity index is 1.65. The molecule has 1 amide bonds. The summed E-state index contributed by atoms with van der Waals surface area (Å²) in [5.74, 6) is 0.327. The standard InChI is InChI=1S/C16H21NOS/c1-17(13-8-3-2-4-9-13)16(18)15-11-12-7-5-6-10-14(12)19-15/h5-7,10,13,15H,2-4,8-9,11H2,1H3. The fourth-order valence-corrected chi connectivity index (χ4v) is 4.49. The van der Waals surface area contributed by atoms with E-state index in [0.29, 0.717) is 11.9 Å². The number of fused-ring (bicyclic) bond motifs is 1. The highest BCUT2D eigenvalue weighted by atomic mass is 32.2. The molecule has 3 rings (SSSR count). The van der Waals surface area contributed by atoms with E-state index in [0.717, 1.165) is 6.42 Å². The van der Waals surface area contributed by atoms with E-state index in [-0.39, 0.29) is 5.25 Å². The van der Waals surface area contributed by atoms with E-state index in [1.165, 1.54) is 42.6 Å². The van der Waals surface area contributed by atoms with E-state index in [4.69, 9.17) is 0 Å².